The van der Waals surface area contributed by atoms with Gasteiger partial charge >= 0.3 is 0 Å². The second kappa shape index (κ2) is 1.75. The molecule has 4 atom stereocenters. The second-order valence-electron chi connectivity index (χ2n) is 4.43. The van der Waals surface area contributed by atoms with Crippen LogP contribution in [0, 0.1) is 11.8 Å². The molecule has 3 aliphatic rings. The molecule has 0 unspecified atom stereocenters. The molecule has 0 aromatic heterocycles. The van der Waals surface area contributed by atoms with Crippen molar-refractivity contribution in [3.8, 4) is 0 Å². The Kier molecular flexibility index (Phi) is 1.03. The Morgan fingerprint density at radius 3 is 2.83 bits per heavy atom. The van der Waals surface area contributed by atoms with Crippen LogP contribution in [0.5, 0.6) is 0 Å². The van der Waals surface area contributed by atoms with E-state index in [4.69, 9.17) is 9.47 Å². The van der Waals surface area contributed by atoms with E-state index in [2.05, 4.69) is 0 Å². The molecule has 0 aromatic carbocycles. The maximum atomic E-state index is 11.5. The third kappa shape index (κ3) is 0.709. The van der Waals surface area contributed by atoms with Gasteiger partial charge in [0.1, 0.15) is 6.10 Å². The predicted molar refractivity (Wildman–Crippen MR) is 40.4 cm³/mol. The van der Waals surface area contributed by atoms with Crippen LogP contribution in [0.15, 0.2) is 0 Å². The number of ketones is 1. The molecule has 0 radical (unpaired) electrons. The third-order valence-electron chi connectivity index (χ3n) is 3.04. The lowest BCUT2D eigenvalue weighted by molar-refractivity contribution is -0.160. The van der Waals surface area contributed by atoms with Gasteiger partial charge in [0.2, 0.25) is 0 Å². The number of fused-ring (bicyclic) bond motifs is 3. The van der Waals surface area contributed by atoms with E-state index in [1.54, 1.807) is 0 Å². The zero-order chi connectivity index (χ0) is 8.51. The van der Waals surface area contributed by atoms with Crippen LogP contribution in [-0.4, -0.2) is 23.8 Å². The molecule has 3 fully saturated rings. The van der Waals surface area contributed by atoms with Crippen molar-refractivity contribution in [3.05, 3.63) is 0 Å². The number of rotatable bonds is 0. The van der Waals surface area contributed by atoms with Crippen molar-refractivity contribution in [1.29, 1.82) is 0 Å². The highest BCUT2D eigenvalue weighted by Crippen LogP contribution is 2.55. The number of hydrogen-bond donors (Lipinski definition) is 0. The van der Waals surface area contributed by atoms with Crippen molar-refractivity contribution in [2.24, 2.45) is 11.8 Å². The van der Waals surface area contributed by atoms with Crippen molar-refractivity contribution in [2.45, 2.75) is 38.3 Å². The average Bonchev–Trinajstić information content (AvgIpc) is 2.62. The lowest BCUT2D eigenvalue weighted by Crippen LogP contribution is -2.27. The van der Waals surface area contributed by atoms with Gasteiger partial charge in [-0.15, -0.1) is 0 Å². The van der Waals surface area contributed by atoms with Gasteiger partial charge in [-0.25, -0.2) is 0 Å². The molecule has 3 heteroatoms. The molecular weight excluding hydrogens is 156 g/mol. The van der Waals surface area contributed by atoms with E-state index in [-0.39, 0.29) is 23.9 Å². The molecule has 1 heterocycles. The van der Waals surface area contributed by atoms with Crippen molar-refractivity contribution in [1.82, 2.24) is 0 Å². The van der Waals surface area contributed by atoms with Gasteiger partial charge in [0, 0.05) is 5.92 Å². The molecule has 2 aliphatic carbocycles. The van der Waals surface area contributed by atoms with Gasteiger partial charge in [-0.1, -0.05) is 0 Å². The molecule has 3 nitrogen and oxygen atoms in total. The molecule has 0 amide bonds. The highest BCUT2D eigenvalue weighted by atomic mass is 16.8. The van der Waals surface area contributed by atoms with E-state index in [1.807, 2.05) is 13.8 Å². The van der Waals surface area contributed by atoms with E-state index in [9.17, 15) is 4.79 Å². The molecular formula is C9H12O3. The zero-order valence-corrected chi connectivity index (χ0v) is 7.24. The fourth-order valence-corrected chi connectivity index (χ4v) is 2.44. The van der Waals surface area contributed by atoms with E-state index in [0.717, 1.165) is 6.42 Å². The molecule has 1 aliphatic heterocycles. The first-order chi connectivity index (χ1) is 5.58. The van der Waals surface area contributed by atoms with Gasteiger partial charge in [-0.2, -0.15) is 0 Å². The molecule has 2 saturated carbocycles. The van der Waals surface area contributed by atoms with Gasteiger partial charge < -0.3 is 9.47 Å². The summed E-state index contributed by atoms with van der Waals surface area (Å²) < 4.78 is 11.2. The highest BCUT2D eigenvalue weighted by Gasteiger charge is 2.65. The van der Waals surface area contributed by atoms with Gasteiger partial charge in [0.15, 0.2) is 11.6 Å². The maximum absolute atomic E-state index is 11.5. The van der Waals surface area contributed by atoms with E-state index in [0.29, 0.717) is 5.92 Å². The lowest BCUT2D eigenvalue weighted by Gasteiger charge is -2.17. The van der Waals surface area contributed by atoms with E-state index >= 15 is 0 Å². The first kappa shape index (κ1) is 7.04. The van der Waals surface area contributed by atoms with Crippen LogP contribution in [0.4, 0.5) is 0 Å². The first-order valence-corrected chi connectivity index (χ1v) is 4.48. The van der Waals surface area contributed by atoms with Crippen molar-refractivity contribution in [2.75, 3.05) is 0 Å². The summed E-state index contributed by atoms with van der Waals surface area (Å²) >= 11 is 0. The summed E-state index contributed by atoms with van der Waals surface area (Å²) in [6, 6.07) is 0. The van der Waals surface area contributed by atoms with Gasteiger partial charge in [-0.3, -0.25) is 4.79 Å². The summed E-state index contributed by atoms with van der Waals surface area (Å²) in [6.45, 7) is 3.74. The Hall–Kier alpha value is -0.410. The summed E-state index contributed by atoms with van der Waals surface area (Å²) in [6.07, 6.45) is 0.848. The SMILES string of the molecule is CC1(C)O[C@@H]2[C@@H]3C[C@H]3C(=O)[C@H]2O1. The van der Waals surface area contributed by atoms with Crippen LogP contribution < -0.4 is 0 Å². The summed E-state index contributed by atoms with van der Waals surface area (Å²) in [5, 5.41) is 0. The van der Waals surface area contributed by atoms with Crippen LogP contribution in [0.1, 0.15) is 20.3 Å². The third-order valence-corrected chi connectivity index (χ3v) is 3.04. The van der Waals surface area contributed by atoms with Gasteiger partial charge in [0.25, 0.3) is 0 Å². The number of hydrogen-bond acceptors (Lipinski definition) is 3. The largest absolute Gasteiger partial charge is 0.344 e. The molecule has 3 rings (SSSR count). The van der Waals surface area contributed by atoms with Crippen LogP contribution in [0.3, 0.4) is 0 Å². The highest BCUT2D eigenvalue weighted by molar-refractivity contribution is 5.92. The molecule has 0 aromatic rings. The fraction of sp³-hybridized carbons (Fsp3) is 0.889. The number of carbonyl (C=O) groups is 1. The minimum atomic E-state index is -0.543. The first-order valence-electron chi connectivity index (χ1n) is 4.48. The number of carbonyl (C=O) groups excluding carboxylic acids is 1. The molecule has 1 saturated heterocycles. The van der Waals surface area contributed by atoms with Crippen LogP contribution in [0.2, 0.25) is 0 Å². The Morgan fingerprint density at radius 2 is 2.17 bits per heavy atom. The molecule has 0 N–H and O–H groups in total. The smallest absolute Gasteiger partial charge is 0.167 e. The lowest BCUT2D eigenvalue weighted by atomic mass is 10.1. The van der Waals surface area contributed by atoms with Crippen molar-refractivity contribution >= 4 is 5.78 Å². The molecule has 0 bridgehead atoms. The number of ether oxygens (including phenoxy) is 2. The summed E-state index contributed by atoms with van der Waals surface area (Å²) in [5.74, 6) is 0.481. The van der Waals surface area contributed by atoms with Crippen LogP contribution in [0.25, 0.3) is 0 Å². The summed E-state index contributed by atoms with van der Waals surface area (Å²) in [5.41, 5.74) is 0. The molecule has 66 valence electrons. The van der Waals surface area contributed by atoms with E-state index in [1.165, 1.54) is 0 Å². The minimum absolute atomic E-state index is 0.0671. The molecule has 0 spiro atoms. The number of Topliss-reactive ketones (excluding diaryl/α,β-unsaturated/α-hetero) is 1. The maximum Gasteiger partial charge on any atom is 0.167 e. The standard InChI is InChI=1S/C9H12O3/c1-9(2)11-7-5-3-4(5)6(10)8(7)12-9/h4-5,7-8H,3H2,1-2H3/t4-,5-,7-,8-/m1/s1. The quantitative estimate of drug-likeness (QED) is 0.534. The Bertz CT molecular complexity index is 258. The van der Waals surface area contributed by atoms with Gasteiger partial charge in [0.05, 0.1) is 6.10 Å². The normalized spacial score (nSPS) is 53.7. The van der Waals surface area contributed by atoms with Gasteiger partial charge in [-0.05, 0) is 26.2 Å². The zero-order valence-electron chi connectivity index (χ0n) is 7.24. The molecule has 12 heavy (non-hydrogen) atoms. The minimum Gasteiger partial charge on any atom is -0.344 e. The second-order valence-corrected chi connectivity index (χ2v) is 4.43. The van der Waals surface area contributed by atoms with Crippen molar-refractivity contribution in [3.63, 3.8) is 0 Å². The monoisotopic (exact) mass is 168 g/mol. The predicted octanol–water partition coefficient (Wildman–Crippen LogP) is 0.725. The van der Waals surface area contributed by atoms with E-state index < -0.39 is 5.79 Å². The fourth-order valence-electron chi connectivity index (χ4n) is 2.44. The topological polar surface area (TPSA) is 35.5 Å². The Labute approximate surface area is 71.0 Å². The van der Waals surface area contributed by atoms with Crippen molar-refractivity contribution < 1.29 is 14.3 Å². The summed E-state index contributed by atoms with van der Waals surface area (Å²) in [4.78, 5) is 11.5. The average molecular weight is 168 g/mol. The summed E-state index contributed by atoms with van der Waals surface area (Å²) in [7, 11) is 0. The van der Waals surface area contributed by atoms with Crippen LogP contribution >= 0.6 is 0 Å². The Morgan fingerprint density at radius 1 is 1.42 bits per heavy atom. The Balaban J connectivity index is 1.91. The van der Waals surface area contributed by atoms with Crippen LogP contribution in [-0.2, 0) is 14.3 Å².